The molecule has 0 saturated heterocycles. The Labute approximate surface area is 162 Å². The number of hydrogen-bond donors (Lipinski definition) is 0. The fourth-order valence-electron chi connectivity index (χ4n) is 2.52. The van der Waals surface area contributed by atoms with Crippen molar-refractivity contribution in [2.24, 2.45) is 0 Å². The quantitative estimate of drug-likeness (QED) is 0.550. The molecule has 0 aliphatic heterocycles. The van der Waals surface area contributed by atoms with Gasteiger partial charge in [-0.2, -0.15) is 5.10 Å². The van der Waals surface area contributed by atoms with Crippen molar-refractivity contribution in [1.29, 1.82) is 0 Å². The summed E-state index contributed by atoms with van der Waals surface area (Å²) in [6.45, 7) is 5.38. The highest BCUT2D eigenvalue weighted by Gasteiger charge is 2.14. The van der Waals surface area contributed by atoms with Crippen LogP contribution in [-0.2, 0) is 17.9 Å². The van der Waals surface area contributed by atoms with Crippen LogP contribution in [0.2, 0.25) is 0 Å². The maximum absolute atomic E-state index is 12.4. The Morgan fingerprint density at radius 1 is 1.30 bits per heavy atom. The van der Waals surface area contributed by atoms with Gasteiger partial charge in [-0.25, -0.2) is 0 Å². The number of carbonyl (C=O) groups is 1. The van der Waals surface area contributed by atoms with Gasteiger partial charge in [-0.1, -0.05) is 11.8 Å². The number of aromatic nitrogens is 5. The SMILES string of the molecule is CCn1cc(CN(C)C(=O)CCSc2nnc(-c3ccncc3)o2)c(C)n1. The zero-order valence-electron chi connectivity index (χ0n) is 15.6. The number of amides is 1. The number of hydrogen-bond acceptors (Lipinski definition) is 7. The molecule has 9 heteroatoms. The fraction of sp³-hybridized carbons (Fsp3) is 0.389. The van der Waals surface area contributed by atoms with E-state index in [0.29, 0.717) is 29.8 Å². The van der Waals surface area contributed by atoms with Crippen LogP contribution in [0.4, 0.5) is 0 Å². The number of carbonyl (C=O) groups excluding carboxylic acids is 1. The van der Waals surface area contributed by atoms with Crippen LogP contribution in [0.5, 0.6) is 0 Å². The maximum atomic E-state index is 12.4. The molecule has 0 unspecified atom stereocenters. The lowest BCUT2D eigenvalue weighted by Gasteiger charge is -2.16. The molecule has 3 rings (SSSR count). The molecule has 0 radical (unpaired) electrons. The third kappa shape index (κ3) is 4.94. The smallest absolute Gasteiger partial charge is 0.276 e. The molecule has 0 spiro atoms. The second kappa shape index (κ2) is 8.81. The summed E-state index contributed by atoms with van der Waals surface area (Å²) in [6.07, 6.45) is 5.74. The Hall–Kier alpha value is -2.68. The number of aryl methyl sites for hydroxylation is 2. The highest BCUT2D eigenvalue weighted by atomic mass is 32.2. The van der Waals surface area contributed by atoms with Crippen LogP contribution < -0.4 is 0 Å². The predicted molar refractivity (Wildman–Crippen MR) is 102 cm³/mol. The summed E-state index contributed by atoms with van der Waals surface area (Å²) >= 11 is 1.38. The summed E-state index contributed by atoms with van der Waals surface area (Å²) in [5.74, 6) is 1.10. The van der Waals surface area contributed by atoms with Gasteiger partial charge in [-0.05, 0) is 26.0 Å². The Balaban J connectivity index is 1.48. The first-order chi connectivity index (χ1) is 13.1. The molecule has 1 amide bonds. The Morgan fingerprint density at radius 3 is 2.78 bits per heavy atom. The molecule has 3 heterocycles. The number of thioether (sulfide) groups is 1. The summed E-state index contributed by atoms with van der Waals surface area (Å²) in [5, 5.41) is 12.9. The van der Waals surface area contributed by atoms with Gasteiger partial charge < -0.3 is 9.32 Å². The standard InChI is InChI=1S/C18H22N6O2S/c1-4-24-12-15(13(2)22-24)11-23(3)16(25)7-10-27-18-21-20-17(26-18)14-5-8-19-9-6-14/h5-6,8-9,12H,4,7,10-11H2,1-3H3. The molecule has 27 heavy (non-hydrogen) atoms. The molecule has 3 aromatic rings. The van der Waals surface area contributed by atoms with E-state index in [-0.39, 0.29) is 5.91 Å². The minimum Gasteiger partial charge on any atom is -0.411 e. The summed E-state index contributed by atoms with van der Waals surface area (Å²) in [6, 6.07) is 3.62. The van der Waals surface area contributed by atoms with Crippen LogP contribution in [0, 0.1) is 6.92 Å². The molecule has 8 nitrogen and oxygen atoms in total. The summed E-state index contributed by atoms with van der Waals surface area (Å²) in [7, 11) is 1.81. The highest BCUT2D eigenvalue weighted by Crippen LogP contribution is 2.23. The van der Waals surface area contributed by atoms with Gasteiger partial charge in [0.15, 0.2) is 0 Å². The van der Waals surface area contributed by atoms with Crippen LogP contribution in [-0.4, -0.2) is 48.6 Å². The van der Waals surface area contributed by atoms with Crippen LogP contribution >= 0.6 is 11.8 Å². The van der Waals surface area contributed by atoms with Crippen molar-refractivity contribution < 1.29 is 9.21 Å². The van der Waals surface area contributed by atoms with Crippen molar-refractivity contribution >= 4 is 17.7 Å². The summed E-state index contributed by atoms with van der Waals surface area (Å²) in [5.41, 5.74) is 2.85. The van der Waals surface area contributed by atoms with Gasteiger partial charge in [-0.3, -0.25) is 14.5 Å². The summed E-state index contributed by atoms with van der Waals surface area (Å²) < 4.78 is 7.50. The van der Waals surface area contributed by atoms with E-state index in [2.05, 4.69) is 20.3 Å². The topological polar surface area (TPSA) is 89.9 Å². The molecule has 0 aliphatic rings. The second-order valence-electron chi connectivity index (χ2n) is 6.05. The molecular formula is C18H22N6O2S. The molecule has 0 aromatic carbocycles. The second-order valence-corrected chi connectivity index (χ2v) is 7.10. The molecular weight excluding hydrogens is 364 g/mol. The van der Waals surface area contributed by atoms with E-state index in [1.807, 2.05) is 43.9 Å². The number of nitrogens with zero attached hydrogens (tertiary/aromatic N) is 6. The monoisotopic (exact) mass is 386 g/mol. The van der Waals surface area contributed by atoms with Gasteiger partial charge in [0.05, 0.1) is 5.69 Å². The van der Waals surface area contributed by atoms with E-state index < -0.39 is 0 Å². The van der Waals surface area contributed by atoms with E-state index in [1.54, 1.807) is 17.3 Å². The Kier molecular flexibility index (Phi) is 6.23. The minimum absolute atomic E-state index is 0.0695. The molecule has 0 aliphatic carbocycles. The largest absolute Gasteiger partial charge is 0.411 e. The van der Waals surface area contributed by atoms with E-state index in [9.17, 15) is 4.79 Å². The minimum atomic E-state index is 0.0695. The molecule has 3 aromatic heterocycles. The van der Waals surface area contributed by atoms with Gasteiger partial charge in [0, 0.05) is 62.0 Å². The first-order valence-electron chi connectivity index (χ1n) is 8.70. The fourth-order valence-corrected chi connectivity index (χ4v) is 3.20. The Bertz CT molecular complexity index is 892. The van der Waals surface area contributed by atoms with Crippen molar-refractivity contribution in [3.63, 3.8) is 0 Å². The van der Waals surface area contributed by atoms with E-state index in [0.717, 1.165) is 23.4 Å². The third-order valence-electron chi connectivity index (χ3n) is 4.08. The van der Waals surface area contributed by atoms with Crippen molar-refractivity contribution in [2.45, 2.75) is 38.6 Å². The van der Waals surface area contributed by atoms with Gasteiger partial charge in [0.2, 0.25) is 11.8 Å². The molecule has 0 bridgehead atoms. The Morgan fingerprint density at radius 2 is 2.07 bits per heavy atom. The molecule has 0 N–H and O–H groups in total. The van der Waals surface area contributed by atoms with Crippen molar-refractivity contribution in [3.8, 4) is 11.5 Å². The van der Waals surface area contributed by atoms with Gasteiger partial charge in [-0.15, -0.1) is 10.2 Å². The van der Waals surface area contributed by atoms with E-state index in [1.165, 1.54) is 11.8 Å². The average molecular weight is 386 g/mol. The van der Waals surface area contributed by atoms with Gasteiger partial charge >= 0.3 is 0 Å². The maximum Gasteiger partial charge on any atom is 0.276 e. The van der Waals surface area contributed by atoms with E-state index >= 15 is 0 Å². The predicted octanol–water partition coefficient (Wildman–Crippen LogP) is 2.80. The number of rotatable bonds is 8. The van der Waals surface area contributed by atoms with Crippen LogP contribution in [0.15, 0.2) is 40.4 Å². The van der Waals surface area contributed by atoms with Crippen molar-refractivity contribution in [2.75, 3.05) is 12.8 Å². The average Bonchev–Trinajstić information content (AvgIpc) is 3.29. The normalized spacial score (nSPS) is 10.9. The highest BCUT2D eigenvalue weighted by molar-refractivity contribution is 7.99. The van der Waals surface area contributed by atoms with Gasteiger partial charge in [0.1, 0.15) is 0 Å². The van der Waals surface area contributed by atoms with Crippen LogP contribution in [0.1, 0.15) is 24.6 Å². The van der Waals surface area contributed by atoms with Gasteiger partial charge in [0.25, 0.3) is 5.22 Å². The zero-order valence-corrected chi connectivity index (χ0v) is 16.4. The lowest BCUT2D eigenvalue weighted by atomic mass is 10.2. The first kappa shape index (κ1) is 19.1. The van der Waals surface area contributed by atoms with Crippen molar-refractivity contribution in [1.82, 2.24) is 29.9 Å². The lowest BCUT2D eigenvalue weighted by Crippen LogP contribution is -2.26. The van der Waals surface area contributed by atoms with Crippen LogP contribution in [0.25, 0.3) is 11.5 Å². The van der Waals surface area contributed by atoms with E-state index in [4.69, 9.17) is 4.42 Å². The molecule has 0 saturated carbocycles. The zero-order chi connectivity index (χ0) is 19.2. The van der Waals surface area contributed by atoms with Crippen LogP contribution in [0.3, 0.4) is 0 Å². The summed E-state index contributed by atoms with van der Waals surface area (Å²) in [4.78, 5) is 18.0. The molecule has 0 fully saturated rings. The lowest BCUT2D eigenvalue weighted by molar-refractivity contribution is -0.129. The molecule has 142 valence electrons. The first-order valence-corrected chi connectivity index (χ1v) is 9.69. The number of pyridine rings is 1. The van der Waals surface area contributed by atoms with Crippen molar-refractivity contribution in [3.05, 3.63) is 42.0 Å². The molecule has 0 atom stereocenters. The third-order valence-corrected chi connectivity index (χ3v) is 4.90.